The largest absolute Gasteiger partial charge is 0.439 e. The first-order chi connectivity index (χ1) is 11.9. The van der Waals surface area contributed by atoms with Crippen molar-refractivity contribution >= 4 is 49.0 Å². The van der Waals surface area contributed by atoms with Crippen LogP contribution in [0.3, 0.4) is 0 Å². The van der Waals surface area contributed by atoms with E-state index in [1.54, 1.807) is 36.4 Å². The quantitative estimate of drug-likeness (QED) is 0.633. The molecule has 1 aromatic heterocycles. The smallest absolute Gasteiger partial charge is 0.291 e. The SMILES string of the molecule is O=C(Nc1ccc(Cl)cc1)c1ccc(S(=O)(=O)c2ccc(Br)cc2)o1. The molecule has 0 spiro atoms. The van der Waals surface area contributed by atoms with Crippen molar-refractivity contribution in [1.82, 2.24) is 0 Å². The molecular weight excluding hydrogens is 430 g/mol. The number of nitrogens with one attached hydrogen (secondary N) is 1. The Morgan fingerprint density at radius 2 is 1.60 bits per heavy atom. The first kappa shape index (κ1) is 17.7. The first-order valence-electron chi connectivity index (χ1n) is 7.04. The first-order valence-corrected chi connectivity index (χ1v) is 9.69. The van der Waals surface area contributed by atoms with Crippen LogP contribution in [-0.2, 0) is 9.84 Å². The van der Waals surface area contributed by atoms with Crippen molar-refractivity contribution in [3.05, 3.63) is 75.9 Å². The predicted octanol–water partition coefficient (Wildman–Crippen LogP) is 4.78. The molecule has 0 saturated heterocycles. The van der Waals surface area contributed by atoms with E-state index in [1.807, 2.05) is 0 Å². The van der Waals surface area contributed by atoms with Crippen LogP contribution in [0.4, 0.5) is 5.69 Å². The molecule has 3 aromatic rings. The van der Waals surface area contributed by atoms with Crippen LogP contribution in [0.2, 0.25) is 5.02 Å². The Labute approximate surface area is 157 Å². The Morgan fingerprint density at radius 3 is 2.24 bits per heavy atom. The van der Waals surface area contributed by atoms with Gasteiger partial charge in [-0.2, -0.15) is 0 Å². The maximum atomic E-state index is 12.5. The number of amides is 1. The molecule has 0 atom stereocenters. The molecule has 0 radical (unpaired) electrons. The van der Waals surface area contributed by atoms with Crippen molar-refractivity contribution in [2.24, 2.45) is 0 Å². The van der Waals surface area contributed by atoms with Gasteiger partial charge in [0.05, 0.1) is 4.90 Å². The highest BCUT2D eigenvalue weighted by molar-refractivity contribution is 9.10. The van der Waals surface area contributed by atoms with Gasteiger partial charge >= 0.3 is 0 Å². The van der Waals surface area contributed by atoms with E-state index >= 15 is 0 Å². The molecule has 1 amide bonds. The molecule has 1 N–H and O–H groups in total. The summed E-state index contributed by atoms with van der Waals surface area (Å²) in [5, 5.41) is 2.85. The minimum atomic E-state index is -3.83. The standard InChI is InChI=1S/C17H11BrClNO4S/c18-11-1-7-14(8-2-11)25(22,23)16-10-9-15(24-16)17(21)20-13-5-3-12(19)4-6-13/h1-10H,(H,20,21). The Morgan fingerprint density at radius 1 is 0.960 bits per heavy atom. The van der Waals surface area contributed by atoms with Crippen molar-refractivity contribution in [2.75, 3.05) is 5.32 Å². The lowest BCUT2D eigenvalue weighted by molar-refractivity contribution is 0.0991. The lowest BCUT2D eigenvalue weighted by Crippen LogP contribution is -2.10. The summed E-state index contributed by atoms with van der Waals surface area (Å²) in [4.78, 5) is 12.3. The van der Waals surface area contributed by atoms with Crippen LogP contribution in [0.15, 0.2) is 79.5 Å². The number of halogens is 2. The maximum absolute atomic E-state index is 12.5. The Hall–Kier alpha value is -2.09. The minimum Gasteiger partial charge on any atom is -0.439 e. The van der Waals surface area contributed by atoms with Gasteiger partial charge < -0.3 is 9.73 Å². The van der Waals surface area contributed by atoms with E-state index in [2.05, 4.69) is 21.2 Å². The second kappa shape index (κ2) is 7.03. The molecular formula is C17H11BrClNO4S. The molecule has 0 aliphatic rings. The van der Waals surface area contributed by atoms with E-state index in [9.17, 15) is 13.2 Å². The van der Waals surface area contributed by atoms with Gasteiger partial charge in [0.1, 0.15) is 0 Å². The van der Waals surface area contributed by atoms with Gasteiger partial charge in [-0.25, -0.2) is 8.42 Å². The number of sulfone groups is 1. The topological polar surface area (TPSA) is 76.4 Å². The summed E-state index contributed by atoms with van der Waals surface area (Å²) in [7, 11) is -3.83. The summed E-state index contributed by atoms with van der Waals surface area (Å²) < 4.78 is 31.1. The van der Waals surface area contributed by atoms with Gasteiger partial charge in [0, 0.05) is 15.2 Å². The number of hydrogen-bond donors (Lipinski definition) is 1. The Bertz CT molecular complexity index is 1010. The van der Waals surface area contributed by atoms with Crippen LogP contribution >= 0.6 is 27.5 Å². The molecule has 3 rings (SSSR count). The fourth-order valence-electron chi connectivity index (χ4n) is 2.04. The van der Waals surface area contributed by atoms with Crippen LogP contribution < -0.4 is 5.32 Å². The van der Waals surface area contributed by atoms with Crippen LogP contribution in [0.25, 0.3) is 0 Å². The van der Waals surface area contributed by atoms with E-state index in [-0.39, 0.29) is 15.7 Å². The number of benzene rings is 2. The zero-order chi connectivity index (χ0) is 18.0. The van der Waals surface area contributed by atoms with Crippen molar-refractivity contribution < 1.29 is 17.6 Å². The third-order valence-electron chi connectivity index (χ3n) is 3.30. The molecule has 8 heteroatoms. The highest BCUT2D eigenvalue weighted by Gasteiger charge is 2.23. The van der Waals surface area contributed by atoms with E-state index in [0.717, 1.165) is 4.47 Å². The number of rotatable bonds is 4. The molecule has 128 valence electrons. The van der Waals surface area contributed by atoms with Gasteiger partial charge in [0.25, 0.3) is 5.91 Å². The van der Waals surface area contributed by atoms with Gasteiger partial charge in [-0.3, -0.25) is 4.79 Å². The third-order valence-corrected chi connectivity index (χ3v) is 5.72. The van der Waals surface area contributed by atoms with Gasteiger partial charge in [0.15, 0.2) is 5.76 Å². The van der Waals surface area contributed by atoms with Crippen LogP contribution in [0, 0.1) is 0 Å². The molecule has 0 saturated carbocycles. The average Bonchev–Trinajstić information content (AvgIpc) is 3.08. The number of anilines is 1. The summed E-state index contributed by atoms with van der Waals surface area (Å²) in [6, 6.07) is 15.2. The maximum Gasteiger partial charge on any atom is 0.291 e. The fraction of sp³-hybridized carbons (Fsp3) is 0. The monoisotopic (exact) mass is 439 g/mol. The molecule has 0 bridgehead atoms. The normalized spacial score (nSPS) is 11.3. The second-order valence-corrected chi connectivity index (χ2v) is 8.27. The number of carbonyl (C=O) groups is 1. The zero-order valence-corrected chi connectivity index (χ0v) is 15.7. The van der Waals surface area contributed by atoms with Gasteiger partial charge in [-0.05, 0) is 60.7 Å². The minimum absolute atomic E-state index is 0.0784. The van der Waals surface area contributed by atoms with E-state index < -0.39 is 15.7 Å². The molecule has 0 unspecified atom stereocenters. The molecule has 0 aliphatic carbocycles. The molecule has 0 fully saturated rings. The number of carbonyl (C=O) groups excluding carboxylic acids is 1. The summed E-state index contributed by atoms with van der Waals surface area (Å²) in [5.41, 5.74) is 0.517. The van der Waals surface area contributed by atoms with E-state index in [4.69, 9.17) is 16.0 Å². The Balaban J connectivity index is 1.82. The highest BCUT2D eigenvalue weighted by Crippen LogP contribution is 2.25. The zero-order valence-electron chi connectivity index (χ0n) is 12.6. The summed E-state index contributed by atoms with van der Waals surface area (Å²) >= 11 is 9.03. The molecule has 5 nitrogen and oxygen atoms in total. The van der Waals surface area contributed by atoms with E-state index in [1.165, 1.54) is 24.3 Å². The van der Waals surface area contributed by atoms with Gasteiger partial charge in [-0.1, -0.05) is 27.5 Å². The van der Waals surface area contributed by atoms with Gasteiger partial charge in [-0.15, -0.1) is 0 Å². The third kappa shape index (κ3) is 3.95. The van der Waals surface area contributed by atoms with Crippen LogP contribution in [0.1, 0.15) is 10.6 Å². The van der Waals surface area contributed by atoms with Crippen LogP contribution in [-0.4, -0.2) is 14.3 Å². The van der Waals surface area contributed by atoms with Crippen molar-refractivity contribution in [3.63, 3.8) is 0 Å². The summed E-state index contributed by atoms with van der Waals surface area (Å²) in [5.74, 6) is -0.662. The molecule has 0 aliphatic heterocycles. The molecule has 2 aromatic carbocycles. The lowest BCUT2D eigenvalue weighted by atomic mass is 10.3. The average molecular weight is 441 g/mol. The summed E-state index contributed by atoms with van der Waals surface area (Å²) in [6.07, 6.45) is 0. The Kier molecular flexibility index (Phi) is 4.99. The van der Waals surface area contributed by atoms with E-state index in [0.29, 0.717) is 10.7 Å². The lowest BCUT2D eigenvalue weighted by Gasteiger charge is -2.03. The van der Waals surface area contributed by atoms with Crippen molar-refractivity contribution in [3.8, 4) is 0 Å². The van der Waals surface area contributed by atoms with Crippen molar-refractivity contribution in [2.45, 2.75) is 9.99 Å². The number of hydrogen-bond acceptors (Lipinski definition) is 4. The summed E-state index contributed by atoms with van der Waals surface area (Å²) in [6.45, 7) is 0. The van der Waals surface area contributed by atoms with Gasteiger partial charge in [0.2, 0.25) is 14.9 Å². The highest BCUT2D eigenvalue weighted by atomic mass is 79.9. The van der Waals surface area contributed by atoms with Crippen LogP contribution in [0.5, 0.6) is 0 Å². The molecule has 1 heterocycles. The molecule has 25 heavy (non-hydrogen) atoms. The fourth-order valence-corrected chi connectivity index (χ4v) is 3.61. The van der Waals surface area contributed by atoms with Crippen molar-refractivity contribution in [1.29, 1.82) is 0 Å². The second-order valence-electron chi connectivity index (χ2n) is 5.04. The number of furan rings is 1. The predicted molar refractivity (Wildman–Crippen MR) is 97.7 cm³/mol.